The zero-order valence-corrected chi connectivity index (χ0v) is 25.0. The number of thiophene rings is 3. The number of hydrogen-bond donors (Lipinski definition) is 2. The maximum absolute atomic E-state index is 13.0. The van der Waals surface area contributed by atoms with E-state index in [0.29, 0.717) is 30.9 Å². The number of nitrogens with zero attached hydrogens (tertiary/aromatic N) is 2. The number of esters is 2. The number of thioether (sulfide) groups is 2. The summed E-state index contributed by atoms with van der Waals surface area (Å²) in [6.07, 6.45) is 0. The van der Waals surface area contributed by atoms with Crippen molar-refractivity contribution in [2.75, 3.05) is 23.8 Å². The van der Waals surface area contributed by atoms with Gasteiger partial charge in [-0.2, -0.15) is 10.5 Å². The largest absolute Gasteiger partial charge is 0.462 e. The fourth-order valence-corrected chi connectivity index (χ4v) is 7.58. The second-order valence-corrected chi connectivity index (χ2v) is 12.0. The van der Waals surface area contributed by atoms with Gasteiger partial charge < -0.3 is 20.1 Å². The van der Waals surface area contributed by atoms with Gasteiger partial charge in [-0.25, -0.2) is 9.59 Å². The van der Waals surface area contributed by atoms with Crippen LogP contribution in [-0.2, 0) is 9.47 Å². The lowest BCUT2D eigenvalue weighted by molar-refractivity contribution is 0.0521. The SMILES string of the molecule is CCOC(=O)c1sc(NC(=O)c2ccc(C(=O)Nc3sc(C(=O)OCC)c(C)c3SC#N)s2)c(SC#N)c1C. The van der Waals surface area contributed by atoms with Crippen LogP contribution in [0, 0.1) is 35.2 Å². The van der Waals surface area contributed by atoms with E-state index in [1.165, 1.54) is 12.1 Å². The van der Waals surface area contributed by atoms with Gasteiger partial charge in [-0.3, -0.25) is 9.59 Å². The molecule has 0 radical (unpaired) electrons. The van der Waals surface area contributed by atoms with Crippen LogP contribution < -0.4 is 10.6 Å². The molecular weight excluding hydrogens is 601 g/mol. The van der Waals surface area contributed by atoms with Crippen LogP contribution in [0.15, 0.2) is 21.9 Å². The Kier molecular flexibility index (Phi) is 10.6. The second-order valence-electron chi connectivity index (χ2n) is 7.33. The molecule has 0 fully saturated rings. The maximum Gasteiger partial charge on any atom is 0.348 e. The molecule has 0 aliphatic rings. The van der Waals surface area contributed by atoms with Crippen LogP contribution >= 0.6 is 57.5 Å². The highest BCUT2D eigenvalue weighted by Gasteiger charge is 2.26. The Morgan fingerprint density at radius 1 is 0.769 bits per heavy atom. The molecular formula is C24H20N4O6S5. The number of carbonyl (C=O) groups excluding carboxylic acids is 4. The predicted molar refractivity (Wildman–Crippen MR) is 153 cm³/mol. The van der Waals surface area contributed by atoms with Crippen LogP contribution in [0.2, 0.25) is 0 Å². The van der Waals surface area contributed by atoms with Gasteiger partial charge in [-0.15, -0.1) is 34.0 Å². The zero-order chi connectivity index (χ0) is 28.7. The molecule has 2 amide bonds. The van der Waals surface area contributed by atoms with Crippen molar-refractivity contribution in [1.82, 2.24) is 0 Å². The fourth-order valence-electron chi connectivity index (χ4n) is 3.19. The van der Waals surface area contributed by atoms with Crippen molar-refractivity contribution in [3.05, 3.63) is 42.8 Å². The number of rotatable bonds is 10. The highest BCUT2D eigenvalue weighted by Crippen LogP contribution is 2.42. The first-order valence-corrected chi connectivity index (χ1v) is 15.2. The Bertz CT molecular complexity index is 1410. The van der Waals surface area contributed by atoms with Crippen molar-refractivity contribution < 1.29 is 28.7 Å². The van der Waals surface area contributed by atoms with E-state index in [1.54, 1.807) is 27.7 Å². The number of anilines is 2. The van der Waals surface area contributed by atoms with Crippen molar-refractivity contribution in [3.8, 4) is 10.8 Å². The van der Waals surface area contributed by atoms with Crippen molar-refractivity contribution in [1.29, 1.82) is 10.5 Å². The first-order valence-electron chi connectivity index (χ1n) is 11.1. The molecule has 0 spiro atoms. The number of nitriles is 2. The number of amides is 2. The molecule has 10 nitrogen and oxygen atoms in total. The van der Waals surface area contributed by atoms with Crippen LogP contribution in [-0.4, -0.2) is 37.0 Å². The van der Waals surface area contributed by atoms with E-state index in [9.17, 15) is 29.7 Å². The van der Waals surface area contributed by atoms with Gasteiger partial charge in [0.25, 0.3) is 11.8 Å². The van der Waals surface area contributed by atoms with Gasteiger partial charge in [0, 0.05) is 0 Å². The third-order valence-electron chi connectivity index (χ3n) is 4.91. The van der Waals surface area contributed by atoms with E-state index in [-0.39, 0.29) is 32.7 Å². The molecule has 0 unspecified atom stereocenters. The summed E-state index contributed by atoms with van der Waals surface area (Å²) < 4.78 is 10.1. The molecule has 3 aromatic rings. The molecule has 0 aliphatic heterocycles. The lowest BCUT2D eigenvalue weighted by Gasteiger charge is -2.03. The van der Waals surface area contributed by atoms with E-state index in [0.717, 1.165) is 57.5 Å². The monoisotopic (exact) mass is 620 g/mol. The summed E-state index contributed by atoms with van der Waals surface area (Å²) >= 11 is 4.60. The predicted octanol–water partition coefficient (Wildman–Crippen LogP) is 6.49. The second kappa shape index (κ2) is 13.6. The minimum Gasteiger partial charge on any atom is -0.462 e. The minimum atomic E-state index is -0.542. The number of carbonyl (C=O) groups is 4. The van der Waals surface area contributed by atoms with Gasteiger partial charge in [0.2, 0.25) is 0 Å². The van der Waals surface area contributed by atoms with Crippen LogP contribution in [0.3, 0.4) is 0 Å². The molecule has 0 bridgehead atoms. The average Bonchev–Trinajstić information content (AvgIpc) is 3.59. The van der Waals surface area contributed by atoms with Crippen LogP contribution in [0.4, 0.5) is 10.0 Å². The summed E-state index contributed by atoms with van der Waals surface area (Å²) in [5.74, 6) is -2.13. The molecule has 0 aromatic carbocycles. The molecule has 3 rings (SSSR count). The smallest absolute Gasteiger partial charge is 0.348 e. The Balaban J connectivity index is 1.81. The minimum absolute atomic E-state index is 0.185. The Hall–Kier alpha value is -3.34. The third kappa shape index (κ3) is 6.81. The third-order valence-corrected chi connectivity index (χ3v) is 10.2. The molecule has 202 valence electrons. The topological polar surface area (TPSA) is 158 Å². The van der Waals surface area contributed by atoms with Gasteiger partial charge in [-0.05, 0) is 74.5 Å². The first-order chi connectivity index (χ1) is 18.7. The van der Waals surface area contributed by atoms with Crippen LogP contribution in [0.25, 0.3) is 0 Å². The Morgan fingerprint density at radius 2 is 1.15 bits per heavy atom. The molecule has 0 aliphatic carbocycles. The fraction of sp³-hybridized carbons (Fsp3) is 0.250. The molecule has 2 N–H and O–H groups in total. The molecule has 15 heteroatoms. The Labute approximate surface area is 244 Å². The van der Waals surface area contributed by atoms with Crippen molar-refractivity contribution >= 4 is 91.3 Å². The number of nitrogens with one attached hydrogen (secondary N) is 2. The van der Waals surface area contributed by atoms with E-state index in [1.807, 2.05) is 10.8 Å². The summed E-state index contributed by atoms with van der Waals surface area (Å²) in [6, 6.07) is 2.96. The van der Waals surface area contributed by atoms with Crippen molar-refractivity contribution in [3.63, 3.8) is 0 Å². The average molecular weight is 621 g/mol. The highest BCUT2D eigenvalue weighted by atomic mass is 32.2. The first kappa shape index (κ1) is 30.2. The molecule has 0 saturated heterocycles. The summed E-state index contributed by atoms with van der Waals surface area (Å²) in [7, 11) is 0. The Morgan fingerprint density at radius 3 is 1.49 bits per heavy atom. The molecule has 0 atom stereocenters. The van der Waals surface area contributed by atoms with Gasteiger partial charge >= 0.3 is 11.9 Å². The summed E-state index contributed by atoms with van der Waals surface area (Å²) in [5, 5.41) is 28.4. The highest BCUT2D eigenvalue weighted by molar-refractivity contribution is 8.04. The van der Waals surface area contributed by atoms with Gasteiger partial charge in [-0.1, -0.05) is 0 Å². The molecule has 3 aromatic heterocycles. The lowest BCUT2D eigenvalue weighted by atomic mass is 10.3. The summed E-state index contributed by atoms with van der Waals surface area (Å²) in [6.45, 7) is 7.07. The standard InChI is InChI=1S/C24H20N4O6S5/c1-5-33-23(31)17-11(3)15(35-9-25)21(38-17)27-19(29)13-7-8-14(37-13)20(30)28-22-16(36-10-26)12(4)18(39-22)24(32)34-6-2/h7-8H,5-6H2,1-4H3,(H,27,29)(H,28,30). The van der Waals surface area contributed by atoms with Gasteiger partial charge in [0.1, 0.15) is 30.6 Å². The normalized spacial score (nSPS) is 10.3. The maximum atomic E-state index is 13.0. The van der Waals surface area contributed by atoms with E-state index >= 15 is 0 Å². The van der Waals surface area contributed by atoms with Gasteiger partial charge in [0.05, 0.1) is 32.8 Å². The lowest BCUT2D eigenvalue weighted by Crippen LogP contribution is -2.10. The number of thiocyanates is 2. The molecule has 0 saturated carbocycles. The molecule has 3 heterocycles. The quantitative estimate of drug-likeness (QED) is 0.146. The summed E-state index contributed by atoms with van der Waals surface area (Å²) in [4.78, 5) is 52.4. The van der Waals surface area contributed by atoms with Crippen molar-refractivity contribution in [2.24, 2.45) is 0 Å². The van der Waals surface area contributed by atoms with Crippen LogP contribution in [0.1, 0.15) is 63.7 Å². The van der Waals surface area contributed by atoms with E-state index in [2.05, 4.69) is 10.6 Å². The number of hydrogen-bond acceptors (Lipinski definition) is 13. The summed E-state index contributed by atoms with van der Waals surface area (Å²) in [5.41, 5.74) is 1.07. The van der Waals surface area contributed by atoms with E-state index < -0.39 is 23.8 Å². The van der Waals surface area contributed by atoms with E-state index in [4.69, 9.17) is 9.47 Å². The van der Waals surface area contributed by atoms with Crippen molar-refractivity contribution in [2.45, 2.75) is 37.5 Å². The van der Waals surface area contributed by atoms with Gasteiger partial charge in [0.15, 0.2) is 0 Å². The molecule has 39 heavy (non-hydrogen) atoms. The van der Waals surface area contributed by atoms with Crippen LogP contribution in [0.5, 0.6) is 0 Å². The number of ether oxygens (including phenoxy) is 2. The zero-order valence-electron chi connectivity index (χ0n) is 21.0.